The molecule has 0 saturated carbocycles. The highest BCUT2D eigenvalue weighted by molar-refractivity contribution is 7.89. The van der Waals surface area contributed by atoms with Crippen molar-refractivity contribution < 1.29 is 12.8 Å². The Balaban J connectivity index is 3.31. The number of halogens is 1. The van der Waals surface area contributed by atoms with Gasteiger partial charge in [-0.3, -0.25) is 0 Å². The van der Waals surface area contributed by atoms with Gasteiger partial charge in [0.25, 0.3) is 0 Å². The van der Waals surface area contributed by atoms with Crippen LogP contribution in [0.1, 0.15) is 12.5 Å². The fraction of sp³-hybridized carbons (Fsp3) is 0.273. The van der Waals surface area contributed by atoms with Gasteiger partial charge in [-0.2, -0.15) is 14.8 Å². The minimum atomic E-state index is -3.91. The average molecular weight is 267 g/mol. The molecule has 0 aliphatic carbocycles. The summed E-state index contributed by atoms with van der Waals surface area (Å²) in [5.74, 6) is -0.785. The molecule has 0 aliphatic heterocycles. The number of rotatable bonds is 3. The molecular weight excluding hydrogens is 257 g/mol. The van der Waals surface area contributed by atoms with Gasteiger partial charge in [0.2, 0.25) is 10.0 Å². The molecule has 0 radical (unpaired) electrons. The third kappa shape index (κ3) is 2.48. The Hall–Kier alpha value is -1.96. The quantitative estimate of drug-likeness (QED) is 0.824. The van der Waals surface area contributed by atoms with Crippen molar-refractivity contribution in [2.24, 2.45) is 0 Å². The standard InChI is InChI=1S/C11H10FN3O2S/c1-8(6-13)15(2)18(16,17)10-3-4-11(12)9(5-10)7-14/h3-5,8H,1-2H3. The zero-order valence-electron chi connectivity index (χ0n) is 9.75. The molecule has 0 aromatic heterocycles. The molecule has 1 unspecified atom stereocenters. The highest BCUT2D eigenvalue weighted by Crippen LogP contribution is 2.19. The second-order valence-corrected chi connectivity index (χ2v) is 5.58. The number of hydrogen-bond donors (Lipinski definition) is 0. The van der Waals surface area contributed by atoms with Crippen LogP contribution >= 0.6 is 0 Å². The summed E-state index contributed by atoms with van der Waals surface area (Å²) in [5.41, 5.74) is -0.353. The lowest BCUT2D eigenvalue weighted by molar-refractivity contribution is 0.442. The van der Waals surface area contributed by atoms with Crippen LogP contribution in [-0.4, -0.2) is 25.8 Å². The highest BCUT2D eigenvalue weighted by atomic mass is 32.2. The third-order valence-electron chi connectivity index (χ3n) is 2.47. The molecule has 0 fully saturated rings. The van der Waals surface area contributed by atoms with Crippen LogP contribution in [0.5, 0.6) is 0 Å². The van der Waals surface area contributed by atoms with Crippen molar-refractivity contribution in [3.05, 3.63) is 29.6 Å². The van der Waals surface area contributed by atoms with Crippen molar-refractivity contribution in [2.75, 3.05) is 7.05 Å². The topological polar surface area (TPSA) is 85.0 Å². The lowest BCUT2D eigenvalue weighted by Gasteiger charge is -2.19. The van der Waals surface area contributed by atoms with Crippen LogP contribution in [0.3, 0.4) is 0 Å². The van der Waals surface area contributed by atoms with Crippen molar-refractivity contribution in [1.29, 1.82) is 10.5 Å². The molecular formula is C11H10FN3O2S. The van der Waals surface area contributed by atoms with Gasteiger partial charge in [0.05, 0.1) is 16.5 Å². The normalized spacial score (nSPS) is 12.8. The smallest absolute Gasteiger partial charge is 0.207 e. The van der Waals surface area contributed by atoms with Crippen molar-refractivity contribution in [1.82, 2.24) is 4.31 Å². The number of sulfonamides is 1. The first-order chi connectivity index (χ1) is 8.34. The molecule has 1 aromatic rings. The minimum absolute atomic E-state index is 0.218. The van der Waals surface area contributed by atoms with Crippen molar-refractivity contribution in [2.45, 2.75) is 17.9 Å². The van der Waals surface area contributed by atoms with Crippen molar-refractivity contribution in [3.63, 3.8) is 0 Å². The number of benzene rings is 1. The second-order valence-electron chi connectivity index (χ2n) is 3.58. The van der Waals surface area contributed by atoms with Gasteiger partial charge in [-0.15, -0.1) is 0 Å². The van der Waals surface area contributed by atoms with Gasteiger partial charge in [0, 0.05) is 7.05 Å². The van der Waals surface area contributed by atoms with Crippen LogP contribution in [-0.2, 0) is 10.0 Å². The molecule has 0 saturated heterocycles. The summed E-state index contributed by atoms with van der Waals surface area (Å²) < 4.78 is 38.1. The number of nitrogens with zero attached hydrogens (tertiary/aromatic N) is 3. The summed E-state index contributed by atoms with van der Waals surface area (Å²) in [6.07, 6.45) is 0. The van der Waals surface area contributed by atoms with E-state index >= 15 is 0 Å². The predicted molar refractivity (Wildman–Crippen MR) is 61.1 cm³/mol. The zero-order chi connectivity index (χ0) is 13.9. The average Bonchev–Trinajstić information content (AvgIpc) is 2.37. The Morgan fingerprint density at radius 2 is 2.00 bits per heavy atom. The molecule has 0 heterocycles. The molecule has 7 heteroatoms. The van der Waals surface area contributed by atoms with Gasteiger partial charge in [0.15, 0.2) is 0 Å². The van der Waals surface area contributed by atoms with E-state index in [0.29, 0.717) is 0 Å². The van der Waals surface area contributed by atoms with E-state index in [1.54, 1.807) is 12.1 Å². The van der Waals surface area contributed by atoms with Gasteiger partial charge in [-0.1, -0.05) is 0 Å². The largest absolute Gasteiger partial charge is 0.244 e. The van der Waals surface area contributed by atoms with E-state index in [2.05, 4.69) is 0 Å². The Bertz CT molecular complexity index is 643. The first kappa shape index (κ1) is 14.1. The molecule has 0 N–H and O–H groups in total. The first-order valence-corrected chi connectivity index (χ1v) is 6.36. The lowest BCUT2D eigenvalue weighted by Crippen LogP contribution is -2.34. The van der Waals surface area contributed by atoms with E-state index in [0.717, 1.165) is 22.5 Å². The zero-order valence-corrected chi connectivity index (χ0v) is 10.6. The minimum Gasteiger partial charge on any atom is -0.207 e. The summed E-state index contributed by atoms with van der Waals surface area (Å²) in [6, 6.07) is 5.42. The summed E-state index contributed by atoms with van der Waals surface area (Å²) in [4.78, 5) is -0.218. The maximum Gasteiger partial charge on any atom is 0.244 e. The van der Waals surface area contributed by atoms with Gasteiger partial charge >= 0.3 is 0 Å². The summed E-state index contributed by atoms with van der Waals surface area (Å²) >= 11 is 0. The van der Waals surface area contributed by atoms with Gasteiger partial charge in [-0.05, 0) is 25.1 Å². The molecule has 0 bridgehead atoms. The molecule has 18 heavy (non-hydrogen) atoms. The van der Waals surface area contributed by atoms with Gasteiger partial charge in [-0.25, -0.2) is 12.8 Å². The summed E-state index contributed by atoms with van der Waals surface area (Å²) in [7, 11) is -2.66. The number of hydrogen-bond acceptors (Lipinski definition) is 4. The molecule has 0 amide bonds. The van der Waals surface area contributed by atoms with Crippen LogP contribution < -0.4 is 0 Å². The van der Waals surface area contributed by atoms with E-state index in [1.165, 1.54) is 14.0 Å². The Labute approximate surface area is 105 Å². The molecule has 5 nitrogen and oxygen atoms in total. The summed E-state index contributed by atoms with van der Waals surface area (Å²) in [6.45, 7) is 1.42. The van der Waals surface area contributed by atoms with E-state index in [9.17, 15) is 12.8 Å². The highest BCUT2D eigenvalue weighted by Gasteiger charge is 2.26. The Morgan fingerprint density at radius 1 is 1.39 bits per heavy atom. The van der Waals surface area contributed by atoms with E-state index in [4.69, 9.17) is 10.5 Å². The van der Waals surface area contributed by atoms with Gasteiger partial charge in [0.1, 0.15) is 17.9 Å². The molecule has 0 spiro atoms. The maximum atomic E-state index is 13.1. The van der Waals surface area contributed by atoms with E-state index < -0.39 is 21.9 Å². The monoisotopic (exact) mass is 267 g/mol. The van der Waals surface area contributed by atoms with E-state index in [-0.39, 0.29) is 10.5 Å². The molecule has 94 valence electrons. The fourth-order valence-electron chi connectivity index (χ4n) is 1.21. The van der Waals surface area contributed by atoms with Gasteiger partial charge < -0.3 is 0 Å². The Kier molecular flexibility index (Phi) is 4.02. The molecule has 1 atom stereocenters. The first-order valence-electron chi connectivity index (χ1n) is 4.92. The fourth-order valence-corrected chi connectivity index (χ4v) is 2.51. The molecule has 0 aliphatic rings. The van der Waals surface area contributed by atoms with Crippen molar-refractivity contribution in [3.8, 4) is 12.1 Å². The lowest BCUT2D eigenvalue weighted by atomic mass is 10.2. The molecule has 1 rings (SSSR count). The SMILES string of the molecule is CC(C#N)N(C)S(=O)(=O)c1ccc(F)c(C#N)c1. The second kappa shape index (κ2) is 5.13. The maximum absolute atomic E-state index is 13.1. The van der Waals surface area contributed by atoms with Crippen LogP contribution in [0.2, 0.25) is 0 Å². The van der Waals surface area contributed by atoms with Crippen LogP contribution in [0.15, 0.2) is 23.1 Å². The molecule has 1 aromatic carbocycles. The predicted octanol–water partition coefficient (Wildman–Crippen LogP) is 1.23. The Morgan fingerprint density at radius 3 is 2.50 bits per heavy atom. The van der Waals surface area contributed by atoms with E-state index in [1.807, 2.05) is 0 Å². The van der Waals surface area contributed by atoms with Crippen LogP contribution in [0.25, 0.3) is 0 Å². The van der Waals surface area contributed by atoms with Crippen molar-refractivity contribution >= 4 is 10.0 Å². The third-order valence-corrected chi connectivity index (χ3v) is 4.39. The van der Waals surface area contributed by atoms with Crippen LogP contribution in [0, 0.1) is 28.5 Å². The van der Waals surface area contributed by atoms with Crippen LogP contribution in [0.4, 0.5) is 4.39 Å². The number of nitriles is 2. The summed E-state index contributed by atoms with van der Waals surface area (Å²) in [5, 5.41) is 17.3.